The van der Waals surface area contributed by atoms with E-state index >= 15 is 0 Å². The smallest absolute Gasteiger partial charge is 0.278 e. The second kappa shape index (κ2) is 7.64. The molecule has 174 valence electrons. The Morgan fingerprint density at radius 2 is 1.82 bits per heavy atom. The highest BCUT2D eigenvalue weighted by atomic mass is 19.1. The molecule has 0 spiro atoms. The Morgan fingerprint density at radius 1 is 1.12 bits per heavy atom. The minimum absolute atomic E-state index is 0.0574. The zero-order valence-corrected chi connectivity index (χ0v) is 18.8. The number of halogens is 2. The standard InChI is InChI=1S/C25H29F2N5O/c1-2-5-32-20-21(29-23(32)25-10-14-6-15(11-25)8-16(7-14)12-25)30-24(31-22(20)33)28-13-17-3-4-18(26)9-19(17)27/h3-4,9,14-16H,2,5-8,10-13H2,1H3,(H2,28,30,31,33). The van der Waals surface area contributed by atoms with Gasteiger partial charge in [0.2, 0.25) is 5.95 Å². The van der Waals surface area contributed by atoms with Gasteiger partial charge in [0.05, 0.1) is 0 Å². The predicted octanol–water partition coefficient (Wildman–Crippen LogP) is 4.89. The van der Waals surface area contributed by atoms with E-state index in [9.17, 15) is 13.6 Å². The lowest BCUT2D eigenvalue weighted by Crippen LogP contribution is -2.49. The fourth-order valence-corrected chi connectivity index (χ4v) is 7.20. The van der Waals surface area contributed by atoms with Crippen molar-refractivity contribution in [2.24, 2.45) is 17.8 Å². The maximum Gasteiger partial charge on any atom is 0.278 e. The van der Waals surface area contributed by atoms with Crippen molar-refractivity contribution in [3.63, 3.8) is 0 Å². The molecule has 4 aliphatic rings. The van der Waals surface area contributed by atoms with E-state index < -0.39 is 11.6 Å². The number of imidazole rings is 1. The van der Waals surface area contributed by atoms with E-state index in [0.717, 1.165) is 42.6 Å². The van der Waals surface area contributed by atoms with E-state index in [-0.39, 0.29) is 23.5 Å². The van der Waals surface area contributed by atoms with Crippen molar-refractivity contribution in [3.05, 3.63) is 51.6 Å². The number of nitrogens with one attached hydrogen (secondary N) is 2. The summed E-state index contributed by atoms with van der Waals surface area (Å²) in [5.41, 5.74) is 1.09. The molecule has 2 N–H and O–H groups in total. The summed E-state index contributed by atoms with van der Waals surface area (Å²) in [5.74, 6) is 2.36. The molecule has 2 aromatic heterocycles. The number of aromatic nitrogens is 4. The van der Waals surface area contributed by atoms with Crippen LogP contribution in [0.3, 0.4) is 0 Å². The Bertz CT molecular complexity index is 1240. The number of fused-ring (bicyclic) bond motifs is 1. The number of aromatic amines is 1. The second-order valence-electron chi connectivity index (χ2n) is 10.5. The van der Waals surface area contributed by atoms with Gasteiger partial charge < -0.3 is 9.88 Å². The largest absolute Gasteiger partial charge is 0.351 e. The van der Waals surface area contributed by atoms with Gasteiger partial charge in [-0.25, -0.2) is 13.8 Å². The number of hydrogen-bond acceptors (Lipinski definition) is 4. The van der Waals surface area contributed by atoms with Crippen LogP contribution < -0.4 is 10.9 Å². The topological polar surface area (TPSA) is 75.6 Å². The van der Waals surface area contributed by atoms with Crippen molar-refractivity contribution in [2.45, 2.75) is 70.4 Å². The molecule has 7 rings (SSSR count). The third-order valence-corrected chi connectivity index (χ3v) is 8.04. The van der Waals surface area contributed by atoms with Gasteiger partial charge in [-0.2, -0.15) is 4.98 Å². The van der Waals surface area contributed by atoms with Crippen LogP contribution in [0.15, 0.2) is 23.0 Å². The quantitative estimate of drug-likeness (QED) is 0.557. The average molecular weight is 454 g/mol. The van der Waals surface area contributed by atoms with Crippen LogP contribution >= 0.6 is 0 Å². The maximum atomic E-state index is 14.0. The Labute approximate surface area is 190 Å². The van der Waals surface area contributed by atoms with Crippen LogP contribution in [-0.4, -0.2) is 19.5 Å². The Morgan fingerprint density at radius 3 is 2.45 bits per heavy atom. The molecule has 8 heteroatoms. The van der Waals surface area contributed by atoms with Gasteiger partial charge in [0.15, 0.2) is 11.2 Å². The minimum Gasteiger partial charge on any atom is -0.351 e. The second-order valence-corrected chi connectivity index (χ2v) is 10.5. The molecule has 0 unspecified atom stereocenters. The lowest BCUT2D eigenvalue weighted by molar-refractivity contribution is -0.0108. The summed E-state index contributed by atoms with van der Waals surface area (Å²) < 4.78 is 29.3. The highest BCUT2D eigenvalue weighted by Gasteiger charge is 2.53. The molecule has 0 amide bonds. The summed E-state index contributed by atoms with van der Waals surface area (Å²) in [7, 11) is 0. The zero-order chi connectivity index (χ0) is 22.7. The first-order valence-corrected chi connectivity index (χ1v) is 12.1. The average Bonchev–Trinajstić information content (AvgIpc) is 3.12. The molecule has 0 aliphatic heterocycles. The first-order valence-electron chi connectivity index (χ1n) is 12.1. The number of nitrogens with zero attached hydrogens (tertiary/aromatic N) is 3. The highest BCUT2D eigenvalue weighted by Crippen LogP contribution is 2.60. The van der Waals surface area contributed by atoms with E-state index in [4.69, 9.17) is 4.98 Å². The summed E-state index contributed by atoms with van der Waals surface area (Å²) in [6, 6.07) is 3.44. The Balaban J connectivity index is 1.38. The zero-order valence-electron chi connectivity index (χ0n) is 18.8. The summed E-state index contributed by atoms with van der Waals surface area (Å²) in [6.45, 7) is 2.94. The van der Waals surface area contributed by atoms with Crippen molar-refractivity contribution in [1.82, 2.24) is 19.5 Å². The Kier molecular flexibility index (Phi) is 4.82. The third kappa shape index (κ3) is 3.45. The molecule has 0 saturated heterocycles. The summed E-state index contributed by atoms with van der Waals surface area (Å²) in [5, 5.41) is 2.97. The van der Waals surface area contributed by atoms with E-state index in [1.54, 1.807) is 0 Å². The summed E-state index contributed by atoms with van der Waals surface area (Å²) in [6.07, 6.45) is 8.45. The van der Waals surface area contributed by atoms with Gasteiger partial charge in [-0.1, -0.05) is 13.0 Å². The van der Waals surface area contributed by atoms with Crippen LogP contribution in [0.1, 0.15) is 63.3 Å². The van der Waals surface area contributed by atoms with E-state index in [1.165, 1.54) is 50.7 Å². The van der Waals surface area contributed by atoms with Gasteiger partial charge >= 0.3 is 0 Å². The maximum absolute atomic E-state index is 14.0. The number of aryl methyl sites for hydroxylation is 1. The molecular formula is C25H29F2N5O. The van der Waals surface area contributed by atoms with E-state index in [1.807, 2.05) is 0 Å². The lowest BCUT2D eigenvalue weighted by atomic mass is 9.49. The molecular weight excluding hydrogens is 424 g/mol. The number of anilines is 1. The van der Waals surface area contributed by atoms with E-state index in [2.05, 4.69) is 26.8 Å². The third-order valence-electron chi connectivity index (χ3n) is 8.04. The molecule has 1 aromatic carbocycles. The van der Waals surface area contributed by atoms with Crippen LogP contribution in [0.4, 0.5) is 14.7 Å². The van der Waals surface area contributed by atoms with Crippen LogP contribution in [0, 0.1) is 29.4 Å². The van der Waals surface area contributed by atoms with E-state index in [0.29, 0.717) is 16.7 Å². The molecule has 0 radical (unpaired) electrons. The van der Waals surface area contributed by atoms with Gasteiger partial charge in [0, 0.05) is 30.1 Å². The Hall–Kier alpha value is -2.77. The minimum atomic E-state index is -0.637. The van der Waals surface area contributed by atoms with Crippen molar-refractivity contribution in [1.29, 1.82) is 0 Å². The van der Waals surface area contributed by atoms with Crippen molar-refractivity contribution < 1.29 is 8.78 Å². The molecule has 4 aliphatic carbocycles. The number of rotatable bonds is 6. The molecule has 6 nitrogen and oxygen atoms in total. The van der Waals surface area contributed by atoms with Crippen molar-refractivity contribution in [2.75, 3.05) is 5.32 Å². The molecule has 4 bridgehead atoms. The highest BCUT2D eigenvalue weighted by molar-refractivity contribution is 5.72. The fourth-order valence-electron chi connectivity index (χ4n) is 7.20. The normalized spacial score (nSPS) is 28.0. The van der Waals surface area contributed by atoms with Crippen molar-refractivity contribution >= 4 is 17.1 Å². The first-order chi connectivity index (χ1) is 15.9. The lowest BCUT2D eigenvalue weighted by Gasteiger charge is -2.56. The number of H-pyrrole nitrogens is 1. The monoisotopic (exact) mass is 453 g/mol. The molecule has 3 aromatic rings. The SMILES string of the molecule is CCCn1c(C23CC4CC(CC(C4)C2)C3)nc2nc(NCc3ccc(F)cc3F)[nH]c(=O)c21. The fraction of sp³-hybridized carbons (Fsp3) is 0.560. The number of benzene rings is 1. The molecule has 2 heterocycles. The molecule has 0 atom stereocenters. The van der Waals surface area contributed by atoms with Crippen LogP contribution in [0.5, 0.6) is 0 Å². The molecule has 4 saturated carbocycles. The predicted molar refractivity (Wildman–Crippen MR) is 122 cm³/mol. The van der Waals surface area contributed by atoms with Crippen LogP contribution in [-0.2, 0) is 18.5 Å². The van der Waals surface area contributed by atoms with Gasteiger partial charge in [-0.3, -0.25) is 9.78 Å². The van der Waals surface area contributed by atoms with Gasteiger partial charge in [0.1, 0.15) is 17.5 Å². The van der Waals surface area contributed by atoms with Crippen LogP contribution in [0.2, 0.25) is 0 Å². The summed E-state index contributed by atoms with van der Waals surface area (Å²) in [4.78, 5) is 25.5. The van der Waals surface area contributed by atoms with Gasteiger partial charge in [-0.15, -0.1) is 0 Å². The van der Waals surface area contributed by atoms with Crippen molar-refractivity contribution in [3.8, 4) is 0 Å². The van der Waals surface area contributed by atoms with Gasteiger partial charge in [-0.05, 0) is 68.8 Å². The van der Waals surface area contributed by atoms with Gasteiger partial charge in [0.25, 0.3) is 5.56 Å². The molecule has 4 fully saturated rings. The first kappa shape index (κ1) is 20.8. The number of hydrogen-bond donors (Lipinski definition) is 2. The summed E-state index contributed by atoms with van der Waals surface area (Å²) >= 11 is 0. The van der Waals surface area contributed by atoms with Crippen LogP contribution in [0.25, 0.3) is 11.2 Å². The molecule has 33 heavy (non-hydrogen) atoms.